The van der Waals surface area contributed by atoms with Crippen LogP contribution in [0.3, 0.4) is 0 Å². The van der Waals surface area contributed by atoms with E-state index < -0.39 is 5.97 Å². The highest BCUT2D eigenvalue weighted by molar-refractivity contribution is 7.80. The Kier molecular flexibility index (Phi) is 7.90. The van der Waals surface area contributed by atoms with Crippen molar-refractivity contribution in [3.05, 3.63) is 11.6 Å². The fraction of sp³-hybridized carbons (Fsp3) is 0.700. The Morgan fingerprint density at radius 2 is 1.92 bits per heavy atom. The number of carboxylic acid groups (broad SMARTS) is 1. The Labute approximate surface area is 85.4 Å². The number of hydrogen-bond donors (Lipinski definition) is 2. The molecule has 1 N–H and O–H groups in total. The Bertz CT molecular complexity index is 176. The second kappa shape index (κ2) is 8.17. The van der Waals surface area contributed by atoms with Crippen molar-refractivity contribution in [1.29, 1.82) is 0 Å². The van der Waals surface area contributed by atoms with Crippen molar-refractivity contribution >= 4 is 18.6 Å². The van der Waals surface area contributed by atoms with Crippen LogP contribution in [0.2, 0.25) is 0 Å². The van der Waals surface area contributed by atoms with Gasteiger partial charge in [-0.25, -0.2) is 4.79 Å². The molecule has 0 aliphatic heterocycles. The van der Waals surface area contributed by atoms with Gasteiger partial charge in [-0.3, -0.25) is 0 Å². The molecule has 0 rings (SSSR count). The molecule has 0 aromatic carbocycles. The summed E-state index contributed by atoms with van der Waals surface area (Å²) in [6, 6.07) is 0. The zero-order valence-corrected chi connectivity index (χ0v) is 9.02. The van der Waals surface area contributed by atoms with E-state index in [1.165, 1.54) is 12.8 Å². The fourth-order valence-corrected chi connectivity index (χ4v) is 1.24. The van der Waals surface area contributed by atoms with Gasteiger partial charge in [0.05, 0.1) is 0 Å². The van der Waals surface area contributed by atoms with E-state index in [1.54, 1.807) is 13.0 Å². The number of allylic oxidation sites excluding steroid dienone is 1. The molecule has 0 saturated carbocycles. The third kappa shape index (κ3) is 7.91. The van der Waals surface area contributed by atoms with E-state index in [-0.39, 0.29) is 0 Å². The van der Waals surface area contributed by atoms with Gasteiger partial charge in [-0.1, -0.05) is 18.9 Å². The van der Waals surface area contributed by atoms with Crippen molar-refractivity contribution < 1.29 is 9.90 Å². The number of aliphatic carboxylic acids is 1. The quantitative estimate of drug-likeness (QED) is 0.378. The third-order valence-electron chi connectivity index (χ3n) is 1.90. The predicted octanol–water partition coefficient (Wildman–Crippen LogP) is 2.90. The molecule has 0 atom stereocenters. The van der Waals surface area contributed by atoms with Gasteiger partial charge in [0.15, 0.2) is 0 Å². The van der Waals surface area contributed by atoms with E-state index in [2.05, 4.69) is 12.6 Å². The first-order chi connectivity index (χ1) is 6.18. The van der Waals surface area contributed by atoms with Crippen LogP contribution in [0.5, 0.6) is 0 Å². The molecule has 0 bridgehead atoms. The molecule has 13 heavy (non-hydrogen) atoms. The number of hydrogen-bond acceptors (Lipinski definition) is 2. The molecule has 0 heterocycles. The van der Waals surface area contributed by atoms with E-state index in [0.717, 1.165) is 25.0 Å². The lowest BCUT2D eigenvalue weighted by molar-refractivity contribution is -0.132. The Morgan fingerprint density at radius 1 is 1.31 bits per heavy atom. The molecule has 2 nitrogen and oxygen atoms in total. The summed E-state index contributed by atoms with van der Waals surface area (Å²) in [5.74, 6) is 0.139. The molecule has 0 aliphatic rings. The Hall–Kier alpha value is -0.440. The monoisotopic (exact) mass is 202 g/mol. The van der Waals surface area contributed by atoms with E-state index in [4.69, 9.17) is 5.11 Å². The summed E-state index contributed by atoms with van der Waals surface area (Å²) in [4.78, 5) is 10.4. The number of carbonyl (C=O) groups is 1. The van der Waals surface area contributed by atoms with Crippen LogP contribution in [0.15, 0.2) is 11.6 Å². The summed E-state index contributed by atoms with van der Waals surface area (Å²) in [6.07, 6.45) is 7.28. The molecule has 0 spiro atoms. The van der Waals surface area contributed by atoms with Gasteiger partial charge in [-0.2, -0.15) is 12.6 Å². The maximum atomic E-state index is 10.4. The van der Waals surface area contributed by atoms with Gasteiger partial charge in [0, 0.05) is 5.57 Å². The molecule has 0 radical (unpaired) electrons. The van der Waals surface area contributed by atoms with Crippen LogP contribution in [-0.2, 0) is 4.79 Å². The lowest BCUT2D eigenvalue weighted by Gasteiger charge is -1.97. The van der Waals surface area contributed by atoms with Gasteiger partial charge in [0.25, 0.3) is 0 Å². The number of thiol groups is 1. The first-order valence-electron chi connectivity index (χ1n) is 4.69. The summed E-state index contributed by atoms with van der Waals surface area (Å²) in [5, 5.41) is 8.54. The van der Waals surface area contributed by atoms with Gasteiger partial charge >= 0.3 is 5.97 Å². The van der Waals surface area contributed by atoms with E-state index >= 15 is 0 Å². The molecule has 0 aromatic heterocycles. The standard InChI is InChI=1S/C10H18O2S/c1-9(10(11)12)7-5-3-2-4-6-8-13/h7,13H,2-6,8H2,1H3,(H,11,12)/b9-7+. The summed E-state index contributed by atoms with van der Waals surface area (Å²) in [6.45, 7) is 1.63. The van der Waals surface area contributed by atoms with Crippen LogP contribution in [0.4, 0.5) is 0 Å². The minimum Gasteiger partial charge on any atom is -0.478 e. The first kappa shape index (κ1) is 12.6. The Balaban J connectivity index is 3.34. The molecule has 0 saturated heterocycles. The van der Waals surface area contributed by atoms with Gasteiger partial charge in [-0.05, 0) is 31.9 Å². The lowest BCUT2D eigenvalue weighted by Crippen LogP contribution is -1.95. The van der Waals surface area contributed by atoms with Gasteiger partial charge in [0.1, 0.15) is 0 Å². The molecule has 0 fully saturated rings. The van der Waals surface area contributed by atoms with Crippen LogP contribution in [-0.4, -0.2) is 16.8 Å². The van der Waals surface area contributed by atoms with Crippen LogP contribution in [0, 0.1) is 0 Å². The van der Waals surface area contributed by atoms with Gasteiger partial charge in [-0.15, -0.1) is 0 Å². The van der Waals surface area contributed by atoms with Crippen molar-refractivity contribution in [3.8, 4) is 0 Å². The van der Waals surface area contributed by atoms with Crippen molar-refractivity contribution in [2.75, 3.05) is 5.75 Å². The SMILES string of the molecule is C/C(=C\CCCCCCS)C(=O)O. The van der Waals surface area contributed by atoms with Crippen molar-refractivity contribution in [1.82, 2.24) is 0 Å². The normalized spacial score (nSPS) is 11.7. The second-order valence-electron chi connectivity index (χ2n) is 3.12. The summed E-state index contributed by atoms with van der Waals surface area (Å²) < 4.78 is 0. The van der Waals surface area contributed by atoms with Crippen LogP contribution >= 0.6 is 12.6 Å². The maximum Gasteiger partial charge on any atom is 0.330 e. The third-order valence-corrected chi connectivity index (χ3v) is 2.22. The van der Waals surface area contributed by atoms with Gasteiger partial charge < -0.3 is 5.11 Å². The van der Waals surface area contributed by atoms with Crippen LogP contribution in [0.1, 0.15) is 39.0 Å². The largest absolute Gasteiger partial charge is 0.478 e. The molecular weight excluding hydrogens is 184 g/mol. The maximum absolute atomic E-state index is 10.4. The average Bonchev–Trinajstić information content (AvgIpc) is 2.10. The number of rotatable bonds is 7. The molecule has 0 amide bonds. The highest BCUT2D eigenvalue weighted by Gasteiger charge is 1.97. The molecular formula is C10H18O2S. The Morgan fingerprint density at radius 3 is 2.46 bits per heavy atom. The van der Waals surface area contributed by atoms with Crippen LogP contribution < -0.4 is 0 Å². The van der Waals surface area contributed by atoms with E-state index in [0.29, 0.717) is 5.57 Å². The highest BCUT2D eigenvalue weighted by atomic mass is 32.1. The van der Waals surface area contributed by atoms with Crippen molar-refractivity contribution in [2.45, 2.75) is 39.0 Å². The van der Waals surface area contributed by atoms with E-state index in [1.807, 2.05) is 0 Å². The molecule has 0 aromatic rings. The topological polar surface area (TPSA) is 37.3 Å². The van der Waals surface area contributed by atoms with E-state index in [9.17, 15) is 4.79 Å². The smallest absolute Gasteiger partial charge is 0.330 e. The van der Waals surface area contributed by atoms with Crippen LogP contribution in [0.25, 0.3) is 0 Å². The molecule has 76 valence electrons. The first-order valence-corrected chi connectivity index (χ1v) is 5.32. The number of carboxylic acids is 1. The van der Waals surface area contributed by atoms with Crippen molar-refractivity contribution in [3.63, 3.8) is 0 Å². The van der Waals surface area contributed by atoms with Gasteiger partial charge in [0.2, 0.25) is 0 Å². The zero-order valence-electron chi connectivity index (χ0n) is 8.12. The second-order valence-corrected chi connectivity index (χ2v) is 3.57. The van der Waals surface area contributed by atoms with Crippen molar-refractivity contribution in [2.24, 2.45) is 0 Å². The molecule has 3 heteroatoms. The fourth-order valence-electron chi connectivity index (χ4n) is 1.02. The molecule has 0 aliphatic carbocycles. The predicted molar refractivity (Wildman–Crippen MR) is 58.3 cm³/mol. The highest BCUT2D eigenvalue weighted by Crippen LogP contribution is 2.06. The lowest BCUT2D eigenvalue weighted by atomic mass is 10.1. The minimum absolute atomic E-state index is 0.453. The molecule has 0 unspecified atom stereocenters. The summed E-state index contributed by atoms with van der Waals surface area (Å²) in [5.41, 5.74) is 0.453. The average molecular weight is 202 g/mol. The number of unbranched alkanes of at least 4 members (excludes halogenated alkanes) is 4. The summed E-state index contributed by atoms with van der Waals surface area (Å²) >= 11 is 4.12. The zero-order chi connectivity index (χ0) is 10.1. The minimum atomic E-state index is -0.810. The summed E-state index contributed by atoms with van der Waals surface area (Å²) in [7, 11) is 0.